The van der Waals surface area contributed by atoms with E-state index in [1.165, 1.54) is 12.2 Å². The third-order valence-electron chi connectivity index (χ3n) is 9.75. The number of aliphatic hydroxyl groups is 2. The monoisotopic (exact) mass is 476 g/mol. The number of halogens is 1. The highest BCUT2D eigenvalue weighted by Gasteiger charge is 2.77. The van der Waals surface area contributed by atoms with Gasteiger partial charge in [0.2, 0.25) is 5.78 Å². The molecule has 7 heteroatoms. The van der Waals surface area contributed by atoms with Gasteiger partial charge in [0, 0.05) is 29.1 Å². The molecule has 0 aromatic heterocycles. The van der Waals surface area contributed by atoms with Crippen LogP contribution in [0.5, 0.6) is 0 Å². The maximum Gasteiger partial charge on any atom is 0.306 e. The molecule has 0 bridgehead atoms. The van der Waals surface area contributed by atoms with E-state index in [-0.39, 0.29) is 24.5 Å². The number of carbonyl (C=O) groups is 3. The maximum absolute atomic E-state index is 17.3. The number of aliphatic hydroxyl groups excluding tert-OH is 2. The van der Waals surface area contributed by atoms with E-state index in [0.29, 0.717) is 31.3 Å². The van der Waals surface area contributed by atoms with E-state index < -0.39 is 58.4 Å². The third kappa shape index (κ3) is 3.08. The fourth-order valence-electron chi connectivity index (χ4n) is 8.07. The summed E-state index contributed by atoms with van der Waals surface area (Å²) < 4.78 is 23.3. The van der Waals surface area contributed by atoms with Crippen LogP contribution >= 0.6 is 0 Å². The summed E-state index contributed by atoms with van der Waals surface area (Å²) in [6.45, 7) is 6.55. The molecule has 6 nitrogen and oxygen atoms in total. The molecule has 2 N–H and O–H groups in total. The molecule has 34 heavy (non-hydrogen) atoms. The van der Waals surface area contributed by atoms with E-state index in [4.69, 9.17) is 4.74 Å². The van der Waals surface area contributed by atoms with E-state index in [0.717, 1.165) is 6.42 Å². The lowest BCUT2D eigenvalue weighted by molar-refractivity contribution is -0.228. The van der Waals surface area contributed by atoms with Crippen LogP contribution in [0.15, 0.2) is 23.8 Å². The number of Topliss-reactive ketones (excluding diaryl/α,β-unsaturated/α-hetero) is 1. The standard InChI is InChI=1S/C27H37FO6/c1-5-6-7-23(33)34-27(22(32)15-29)16(2)12-20-19-9-8-17-13-18(30)10-11-24(17,3)26(19,28)21(31)14-25(20,27)4/h10-11,13,16,19-21,29,31H,5-9,12,14-15H2,1-4H3/t16?,19?,20-,21-,24?,25?,26-,27-/m0/s1. The van der Waals surface area contributed by atoms with Crippen molar-refractivity contribution in [1.29, 1.82) is 0 Å². The number of allylic oxidation sites excluding steroid dienone is 4. The minimum Gasteiger partial charge on any atom is -0.450 e. The SMILES string of the molecule is CCCCC(=O)O[C@]1(C(=O)CO)C(C)C[C@H]2C3CCC4=CC(=O)C=CC4(C)[C@@]3(F)[C@@H](O)CC21C. The second-order valence-corrected chi connectivity index (χ2v) is 11.3. The molecule has 3 saturated carbocycles. The zero-order chi connectivity index (χ0) is 25.1. The molecule has 188 valence electrons. The molecular weight excluding hydrogens is 439 g/mol. The van der Waals surface area contributed by atoms with Crippen molar-refractivity contribution < 1.29 is 33.7 Å². The fraction of sp³-hybridized carbons (Fsp3) is 0.741. The predicted molar refractivity (Wildman–Crippen MR) is 123 cm³/mol. The van der Waals surface area contributed by atoms with Crippen LogP contribution in [0.25, 0.3) is 0 Å². The molecule has 4 unspecified atom stereocenters. The van der Waals surface area contributed by atoms with Crippen LogP contribution in [0, 0.1) is 28.6 Å². The Morgan fingerprint density at radius 1 is 1.26 bits per heavy atom. The molecule has 4 rings (SSSR count). The number of hydrogen-bond acceptors (Lipinski definition) is 6. The highest BCUT2D eigenvalue weighted by molar-refractivity contribution is 6.01. The average molecular weight is 477 g/mol. The summed E-state index contributed by atoms with van der Waals surface area (Å²) in [4.78, 5) is 38.1. The molecular formula is C27H37FO6. The first-order valence-corrected chi connectivity index (χ1v) is 12.6. The van der Waals surface area contributed by atoms with E-state index in [1.54, 1.807) is 13.0 Å². The molecule has 0 amide bonds. The van der Waals surface area contributed by atoms with Crippen molar-refractivity contribution in [2.24, 2.45) is 28.6 Å². The quantitative estimate of drug-likeness (QED) is 0.568. The Morgan fingerprint density at radius 2 is 1.97 bits per heavy atom. The van der Waals surface area contributed by atoms with Gasteiger partial charge in [-0.25, -0.2) is 4.39 Å². The van der Waals surface area contributed by atoms with Crippen LogP contribution in [-0.2, 0) is 19.1 Å². The number of unbranched alkanes of at least 4 members (excludes halogenated alkanes) is 1. The third-order valence-corrected chi connectivity index (χ3v) is 9.75. The Hall–Kier alpha value is -1.86. The van der Waals surface area contributed by atoms with Gasteiger partial charge in [0.1, 0.15) is 6.61 Å². The zero-order valence-corrected chi connectivity index (χ0v) is 20.6. The van der Waals surface area contributed by atoms with Gasteiger partial charge in [-0.15, -0.1) is 0 Å². The van der Waals surface area contributed by atoms with Crippen LogP contribution < -0.4 is 0 Å². The van der Waals surface area contributed by atoms with Crippen molar-refractivity contribution in [2.45, 2.75) is 90.0 Å². The number of esters is 1. The van der Waals surface area contributed by atoms with Gasteiger partial charge < -0.3 is 14.9 Å². The molecule has 0 aromatic carbocycles. The molecule has 0 saturated heterocycles. The van der Waals surface area contributed by atoms with Gasteiger partial charge in [-0.05, 0) is 57.1 Å². The van der Waals surface area contributed by atoms with E-state index >= 15 is 4.39 Å². The highest BCUT2D eigenvalue weighted by Crippen LogP contribution is 2.71. The molecule has 0 aliphatic heterocycles. The number of hydrogen-bond donors (Lipinski definition) is 2. The molecule has 4 aliphatic rings. The fourth-order valence-corrected chi connectivity index (χ4v) is 8.07. The number of ketones is 2. The van der Waals surface area contributed by atoms with Gasteiger partial charge in [0.25, 0.3) is 0 Å². The van der Waals surface area contributed by atoms with Crippen LogP contribution in [0.3, 0.4) is 0 Å². The topological polar surface area (TPSA) is 101 Å². The summed E-state index contributed by atoms with van der Waals surface area (Å²) in [5, 5.41) is 21.4. The van der Waals surface area contributed by atoms with Crippen LogP contribution in [0.2, 0.25) is 0 Å². The average Bonchev–Trinajstić information content (AvgIpc) is 3.00. The van der Waals surface area contributed by atoms with Crippen LogP contribution in [0.4, 0.5) is 4.39 Å². The van der Waals surface area contributed by atoms with E-state index in [2.05, 4.69) is 0 Å². The number of alkyl halides is 1. The van der Waals surface area contributed by atoms with Crippen LogP contribution in [-0.4, -0.2) is 51.7 Å². The summed E-state index contributed by atoms with van der Waals surface area (Å²) in [5.41, 5.74) is -5.11. The lowest BCUT2D eigenvalue weighted by Crippen LogP contribution is -2.70. The van der Waals surface area contributed by atoms with E-state index in [1.807, 2.05) is 20.8 Å². The molecule has 4 aliphatic carbocycles. The lowest BCUT2D eigenvalue weighted by Gasteiger charge is -2.62. The van der Waals surface area contributed by atoms with Crippen LogP contribution in [0.1, 0.15) is 72.6 Å². The Bertz CT molecular complexity index is 957. The molecule has 0 aromatic rings. The first-order chi connectivity index (χ1) is 15.9. The van der Waals surface area contributed by atoms with Gasteiger partial charge in [0.15, 0.2) is 17.1 Å². The summed E-state index contributed by atoms with van der Waals surface area (Å²) in [6, 6.07) is 0. The lowest BCUT2D eigenvalue weighted by atomic mass is 9.44. The van der Waals surface area contributed by atoms with Crippen molar-refractivity contribution >= 4 is 17.5 Å². The Labute approximate surface area is 200 Å². The maximum atomic E-state index is 17.3. The van der Waals surface area contributed by atoms with E-state index in [9.17, 15) is 24.6 Å². The second-order valence-electron chi connectivity index (χ2n) is 11.3. The van der Waals surface area contributed by atoms with Crippen molar-refractivity contribution in [3.05, 3.63) is 23.8 Å². The predicted octanol–water partition coefficient (Wildman–Crippen LogP) is 3.64. The molecule has 0 spiro atoms. The molecule has 3 fully saturated rings. The van der Waals surface area contributed by atoms with Gasteiger partial charge in [-0.1, -0.05) is 38.8 Å². The van der Waals surface area contributed by atoms with Crippen molar-refractivity contribution in [3.8, 4) is 0 Å². The van der Waals surface area contributed by atoms with Crippen molar-refractivity contribution in [3.63, 3.8) is 0 Å². The van der Waals surface area contributed by atoms with Gasteiger partial charge in [-0.3, -0.25) is 14.4 Å². The Kier molecular flexibility index (Phi) is 6.21. The summed E-state index contributed by atoms with van der Waals surface area (Å²) in [6.07, 6.45) is 5.92. The first kappa shape index (κ1) is 25.2. The molecule has 0 radical (unpaired) electrons. The normalized spacial score (nSPS) is 45.1. The second kappa shape index (κ2) is 8.37. The number of rotatable bonds is 6. The largest absolute Gasteiger partial charge is 0.450 e. The summed E-state index contributed by atoms with van der Waals surface area (Å²) >= 11 is 0. The zero-order valence-electron chi connectivity index (χ0n) is 20.6. The Morgan fingerprint density at radius 3 is 2.62 bits per heavy atom. The van der Waals surface area contributed by atoms with Crippen molar-refractivity contribution in [2.75, 3.05) is 6.61 Å². The molecule has 8 atom stereocenters. The molecule has 0 heterocycles. The number of fused-ring (bicyclic) bond motifs is 5. The first-order valence-electron chi connectivity index (χ1n) is 12.6. The Balaban J connectivity index is 1.80. The highest BCUT2D eigenvalue weighted by atomic mass is 19.1. The van der Waals surface area contributed by atoms with Gasteiger partial charge in [-0.2, -0.15) is 0 Å². The summed E-state index contributed by atoms with van der Waals surface area (Å²) in [5.74, 6) is -2.62. The summed E-state index contributed by atoms with van der Waals surface area (Å²) in [7, 11) is 0. The van der Waals surface area contributed by atoms with Gasteiger partial charge in [0.05, 0.1) is 6.10 Å². The van der Waals surface area contributed by atoms with Crippen molar-refractivity contribution in [1.82, 2.24) is 0 Å². The minimum absolute atomic E-state index is 0.0769. The van der Waals surface area contributed by atoms with Gasteiger partial charge >= 0.3 is 5.97 Å². The minimum atomic E-state index is -2.03. The number of ether oxygens (including phenoxy) is 1. The smallest absolute Gasteiger partial charge is 0.306 e. The number of carbonyl (C=O) groups excluding carboxylic acids is 3.